The van der Waals surface area contributed by atoms with Gasteiger partial charge in [0.1, 0.15) is 5.15 Å². The number of likely N-dealkylation sites (tertiary alicyclic amines) is 1. The summed E-state index contributed by atoms with van der Waals surface area (Å²) < 4.78 is 30.0. The average Bonchev–Trinajstić information content (AvgIpc) is 3.15. The smallest absolute Gasteiger partial charge is 0.331 e. The van der Waals surface area contributed by atoms with E-state index in [0.29, 0.717) is 42.6 Å². The number of halogens is 1. The predicted octanol–water partition coefficient (Wildman–Crippen LogP) is 2.27. The zero-order valence-corrected chi connectivity index (χ0v) is 19.1. The summed E-state index contributed by atoms with van der Waals surface area (Å²) in [6, 6.07) is -0.303. The molecule has 0 aliphatic carbocycles. The number of carbonyl (C=O) groups is 2. The molecule has 0 saturated carbocycles. The maximum Gasteiger partial charge on any atom is 0.331 e. The number of amides is 1. The quantitative estimate of drug-likeness (QED) is 0.496. The van der Waals surface area contributed by atoms with Crippen molar-refractivity contribution in [2.75, 3.05) is 31.2 Å². The summed E-state index contributed by atoms with van der Waals surface area (Å²) in [5, 5.41) is 4.62. The SMILES string of the molecule is Cc1nn([C@@H]2CCS(=O)(=O)C2)c(Cl)c1/C=C/C(=O)OCC(=O)N1C[C@@H](C)C[C@H](C)C1. The second kappa shape index (κ2) is 9.09. The van der Waals surface area contributed by atoms with Crippen LogP contribution in [0.2, 0.25) is 5.15 Å². The highest BCUT2D eigenvalue weighted by Gasteiger charge is 2.32. The van der Waals surface area contributed by atoms with Gasteiger partial charge in [-0.25, -0.2) is 17.9 Å². The van der Waals surface area contributed by atoms with Gasteiger partial charge in [-0.2, -0.15) is 5.10 Å². The summed E-state index contributed by atoms with van der Waals surface area (Å²) >= 11 is 6.38. The van der Waals surface area contributed by atoms with E-state index in [-0.39, 0.29) is 35.2 Å². The number of sulfone groups is 1. The van der Waals surface area contributed by atoms with Crippen LogP contribution in [0.4, 0.5) is 0 Å². The average molecular weight is 458 g/mol. The highest BCUT2D eigenvalue weighted by molar-refractivity contribution is 7.91. The molecule has 0 unspecified atom stereocenters. The third-order valence-corrected chi connectivity index (χ3v) is 7.70. The van der Waals surface area contributed by atoms with Gasteiger partial charge in [-0.1, -0.05) is 25.4 Å². The number of nitrogens with zero attached hydrogens (tertiary/aromatic N) is 3. The first kappa shape index (κ1) is 22.8. The van der Waals surface area contributed by atoms with Crippen LogP contribution >= 0.6 is 11.6 Å². The van der Waals surface area contributed by atoms with E-state index in [2.05, 4.69) is 18.9 Å². The molecule has 1 aromatic heterocycles. The van der Waals surface area contributed by atoms with Crippen LogP contribution in [0, 0.1) is 18.8 Å². The van der Waals surface area contributed by atoms with Gasteiger partial charge >= 0.3 is 5.97 Å². The first-order chi connectivity index (χ1) is 14.1. The number of ether oxygens (including phenoxy) is 1. The summed E-state index contributed by atoms with van der Waals surface area (Å²) in [7, 11) is -3.07. The third kappa shape index (κ3) is 5.43. The molecule has 30 heavy (non-hydrogen) atoms. The Morgan fingerprint density at radius 2 is 1.93 bits per heavy atom. The summed E-state index contributed by atoms with van der Waals surface area (Å²) in [6.07, 6.45) is 4.25. The van der Waals surface area contributed by atoms with E-state index in [1.54, 1.807) is 11.8 Å². The predicted molar refractivity (Wildman–Crippen MR) is 114 cm³/mol. The van der Waals surface area contributed by atoms with Gasteiger partial charge in [-0.15, -0.1) is 0 Å². The van der Waals surface area contributed by atoms with Crippen LogP contribution in [0.1, 0.15) is 44.0 Å². The number of aryl methyl sites for hydroxylation is 1. The van der Waals surface area contributed by atoms with Crippen LogP contribution in [-0.2, 0) is 24.2 Å². The lowest BCUT2D eigenvalue weighted by Gasteiger charge is -2.34. The lowest BCUT2D eigenvalue weighted by Crippen LogP contribution is -2.44. The number of esters is 1. The van der Waals surface area contributed by atoms with Gasteiger partial charge in [0.2, 0.25) is 0 Å². The van der Waals surface area contributed by atoms with Gasteiger partial charge in [0, 0.05) is 24.7 Å². The highest BCUT2D eigenvalue weighted by atomic mass is 35.5. The summed E-state index contributed by atoms with van der Waals surface area (Å²) in [5.41, 5.74) is 1.11. The Labute approximate surface area is 182 Å². The molecule has 2 saturated heterocycles. The Bertz CT molecular complexity index is 946. The van der Waals surface area contributed by atoms with Crippen LogP contribution < -0.4 is 0 Å². The van der Waals surface area contributed by atoms with E-state index in [4.69, 9.17) is 16.3 Å². The maximum atomic E-state index is 12.3. The van der Waals surface area contributed by atoms with Gasteiger partial charge < -0.3 is 9.64 Å². The van der Waals surface area contributed by atoms with Gasteiger partial charge in [0.15, 0.2) is 16.4 Å². The minimum Gasteiger partial charge on any atom is -0.452 e. The molecule has 1 aromatic rings. The minimum absolute atomic E-state index is 0.00881. The molecule has 166 valence electrons. The van der Waals surface area contributed by atoms with Gasteiger partial charge in [0.25, 0.3) is 5.91 Å². The fourth-order valence-corrected chi connectivity index (χ4v) is 6.29. The molecule has 1 amide bonds. The van der Waals surface area contributed by atoms with Crippen molar-refractivity contribution in [1.29, 1.82) is 0 Å². The summed E-state index contributed by atoms with van der Waals surface area (Å²) in [6.45, 7) is 7.02. The maximum absolute atomic E-state index is 12.3. The van der Waals surface area contributed by atoms with Crippen molar-refractivity contribution in [2.24, 2.45) is 11.8 Å². The molecule has 2 aliphatic rings. The molecule has 8 nitrogen and oxygen atoms in total. The fourth-order valence-electron chi connectivity index (χ4n) is 4.22. The lowest BCUT2D eigenvalue weighted by atomic mass is 9.92. The number of hydrogen-bond acceptors (Lipinski definition) is 6. The van der Waals surface area contributed by atoms with E-state index in [1.807, 2.05) is 0 Å². The Hall–Kier alpha value is -1.87. The monoisotopic (exact) mass is 457 g/mol. The fraction of sp³-hybridized carbons (Fsp3) is 0.650. The van der Waals surface area contributed by atoms with Crippen LogP contribution in [0.3, 0.4) is 0 Å². The van der Waals surface area contributed by atoms with Crippen LogP contribution in [0.15, 0.2) is 6.08 Å². The van der Waals surface area contributed by atoms with Crippen molar-refractivity contribution in [2.45, 2.75) is 39.7 Å². The number of carbonyl (C=O) groups excluding carboxylic acids is 2. The summed E-state index contributed by atoms with van der Waals surface area (Å²) in [4.78, 5) is 26.1. The van der Waals surface area contributed by atoms with Crippen molar-refractivity contribution in [1.82, 2.24) is 14.7 Å². The largest absolute Gasteiger partial charge is 0.452 e. The van der Waals surface area contributed by atoms with Crippen molar-refractivity contribution >= 4 is 39.4 Å². The number of rotatable bonds is 5. The molecule has 0 N–H and O–H groups in total. The van der Waals surface area contributed by atoms with Crippen LogP contribution in [0.25, 0.3) is 6.08 Å². The van der Waals surface area contributed by atoms with E-state index >= 15 is 0 Å². The number of aromatic nitrogens is 2. The minimum atomic E-state index is -3.07. The third-order valence-electron chi connectivity index (χ3n) is 5.57. The van der Waals surface area contributed by atoms with Gasteiger partial charge in [0.05, 0.1) is 23.2 Å². The van der Waals surface area contributed by atoms with Crippen LogP contribution in [0.5, 0.6) is 0 Å². The molecule has 0 aromatic carbocycles. The van der Waals surface area contributed by atoms with Crippen molar-refractivity contribution in [3.05, 3.63) is 22.5 Å². The second-order valence-corrected chi connectivity index (χ2v) is 11.1. The zero-order chi connectivity index (χ0) is 22.1. The Balaban J connectivity index is 1.58. The molecular formula is C20H28ClN3O5S. The molecular weight excluding hydrogens is 430 g/mol. The van der Waals surface area contributed by atoms with E-state index < -0.39 is 15.8 Å². The Morgan fingerprint density at radius 3 is 2.53 bits per heavy atom. The molecule has 10 heteroatoms. The second-order valence-electron chi connectivity index (χ2n) is 8.48. The normalized spacial score (nSPS) is 26.3. The molecule has 2 fully saturated rings. The Morgan fingerprint density at radius 1 is 1.27 bits per heavy atom. The highest BCUT2D eigenvalue weighted by Crippen LogP contribution is 2.30. The molecule has 3 heterocycles. The molecule has 3 atom stereocenters. The molecule has 0 radical (unpaired) electrons. The van der Waals surface area contributed by atoms with Gasteiger partial charge in [-0.3, -0.25) is 4.79 Å². The first-order valence-electron chi connectivity index (χ1n) is 10.1. The number of piperidine rings is 1. The molecule has 3 rings (SSSR count). The summed E-state index contributed by atoms with van der Waals surface area (Å²) in [5.74, 6) is 0.157. The van der Waals surface area contributed by atoms with E-state index in [9.17, 15) is 18.0 Å². The first-order valence-corrected chi connectivity index (χ1v) is 12.3. The van der Waals surface area contributed by atoms with Crippen molar-refractivity contribution in [3.8, 4) is 0 Å². The van der Waals surface area contributed by atoms with Crippen LogP contribution in [-0.4, -0.2) is 66.2 Å². The molecule has 0 bridgehead atoms. The Kier molecular flexibility index (Phi) is 6.91. The zero-order valence-electron chi connectivity index (χ0n) is 17.5. The topological polar surface area (TPSA) is 98.6 Å². The lowest BCUT2D eigenvalue weighted by molar-refractivity contribution is -0.149. The molecule has 0 spiro atoms. The van der Waals surface area contributed by atoms with E-state index in [0.717, 1.165) is 6.42 Å². The number of hydrogen-bond donors (Lipinski definition) is 0. The van der Waals surface area contributed by atoms with E-state index in [1.165, 1.54) is 16.8 Å². The standard InChI is InChI=1S/C20H28ClN3O5S/c1-13-8-14(2)10-23(9-13)18(25)11-29-19(26)5-4-17-15(3)22-24(20(17)21)16-6-7-30(27,28)12-16/h4-5,13-14,16H,6-12H2,1-3H3/b5-4+/t13-,14-,16+/m0/s1. The van der Waals surface area contributed by atoms with Crippen molar-refractivity contribution < 1.29 is 22.7 Å². The van der Waals surface area contributed by atoms with Gasteiger partial charge in [-0.05, 0) is 37.7 Å². The van der Waals surface area contributed by atoms with Crippen molar-refractivity contribution in [3.63, 3.8) is 0 Å². The molecule has 2 aliphatic heterocycles.